The molecule has 1 aromatic rings. The highest BCUT2D eigenvalue weighted by molar-refractivity contribution is 6.29. The summed E-state index contributed by atoms with van der Waals surface area (Å²) in [7, 11) is 0. The second-order valence-corrected chi connectivity index (χ2v) is 8.25. The summed E-state index contributed by atoms with van der Waals surface area (Å²) in [5.41, 5.74) is -0.0400. The highest BCUT2D eigenvalue weighted by atomic mass is 35.5. The molecule has 2 atom stereocenters. The Bertz CT molecular complexity index is 631. The highest BCUT2D eigenvalue weighted by Crippen LogP contribution is 2.33. The van der Waals surface area contributed by atoms with Gasteiger partial charge in [0.25, 0.3) is 0 Å². The highest BCUT2D eigenvalue weighted by Gasteiger charge is 2.37. The van der Waals surface area contributed by atoms with E-state index in [1.165, 1.54) is 0 Å². The molecule has 26 heavy (non-hydrogen) atoms. The standard InChI is InChI=1S/C18H26ClN4O3/c1-18(2,3)14-10-13(4-5-23(14)12-24)26-16-11-15(19)20-17(21-16)22-6-8-25-9-7-22/h11,13-14H,4-10H2,1-3H3. The molecule has 8 heteroatoms. The Kier molecular flexibility index (Phi) is 5.87. The van der Waals surface area contributed by atoms with Gasteiger partial charge in [-0.15, -0.1) is 0 Å². The number of hydrogen-bond donors (Lipinski definition) is 0. The minimum absolute atomic E-state index is 0.0210. The van der Waals surface area contributed by atoms with Crippen molar-refractivity contribution in [3.05, 3.63) is 11.2 Å². The topological polar surface area (TPSA) is 67.8 Å². The van der Waals surface area contributed by atoms with Crippen LogP contribution in [0.1, 0.15) is 33.6 Å². The lowest BCUT2D eigenvalue weighted by Crippen LogP contribution is -2.51. The predicted molar refractivity (Wildman–Crippen MR) is 99.4 cm³/mol. The van der Waals surface area contributed by atoms with E-state index in [4.69, 9.17) is 21.1 Å². The summed E-state index contributed by atoms with van der Waals surface area (Å²) in [4.78, 5) is 23.9. The van der Waals surface area contributed by atoms with Crippen LogP contribution in [-0.2, 0) is 9.53 Å². The Morgan fingerprint density at radius 3 is 2.65 bits per heavy atom. The summed E-state index contributed by atoms with van der Waals surface area (Å²) < 4.78 is 11.5. The Balaban J connectivity index is 1.72. The lowest BCUT2D eigenvalue weighted by molar-refractivity contribution is 0.0417. The Morgan fingerprint density at radius 2 is 2.00 bits per heavy atom. The molecule has 0 aromatic carbocycles. The number of amides is 1. The van der Waals surface area contributed by atoms with E-state index >= 15 is 0 Å². The summed E-state index contributed by atoms with van der Waals surface area (Å²) in [6.07, 6.45) is 3.54. The van der Waals surface area contributed by atoms with Crippen LogP contribution in [0.4, 0.5) is 5.95 Å². The van der Waals surface area contributed by atoms with Crippen molar-refractivity contribution in [1.29, 1.82) is 0 Å². The van der Waals surface area contributed by atoms with Crippen molar-refractivity contribution in [2.45, 2.75) is 45.8 Å². The van der Waals surface area contributed by atoms with Gasteiger partial charge in [-0.2, -0.15) is 4.98 Å². The number of halogens is 1. The molecule has 2 fully saturated rings. The SMILES string of the molecule is CC(C)(C)C1CC(Oc2cc(Cl)nc(N3CCOCC3)n2)CCN1[C]=O. The van der Waals surface area contributed by atoms with Crippen molar-refractivity contribution in [3.63, 3.8) is 0 Å². The third kappa shape index (κ3) is 4.57. The monoisotopic (exact) mass is 381 g/mol. The Morgan fingerprint density at radius 1 is 1.27 bits per heavy atom. The zero-order chi connectivity index (χ0) is 18.7. The van der Waals surface area contributed by atoms with Crippen LogP contribution in [0, 0.1) is 5.41 Å². The summed E-state index contributed by atoms with van der Waals surface area (Å²) in [6, 6.07) is 1.73. The van der Waals surface area contributed by atoms with Crippen molar-refractivity contribution >= 4 is 24.0 Å². The molecule has 0 bridgehead atoms. The van der Waals surface area contributed by atoms with Gasteiger partial charge in [0.2, 0.25) is 11.8 Å². The molecule has 0 aliphatic carbocycles. The van der Waals surface area contributed by atoms with Crippen LogP contribution in [-0.4, -0.2) is 66.3 Å². The molecule has 0 saturated carbocycles. The van der Waals surface area contributed by atoms with Gasteiger partial charge in [0.15, 0.2) is 0 Å². The number of morpholine rings is 1. The second kappa shape index (κ2) is 7.96. The maximum absolute atomic E-state index is 11.3. The number of anilines is 1. The zero-order valence-electron chi connectivity index (χ0n) is 15.6. The Labute approximate surface area is 159 Å². The van der Waals surface area contributed by atoms with Crippen LogP contribution in [0.25, 0.3) is 0 Å². The van der Waals surface area contributed by atoms with Crippen LogP contribution in [0.2, 0.25) is 5.15 Å². The van der Waals surface area contributed by atoms with E-state index in [0.717, 1.165) is 25.9 Å². The third-order valence-corrected chi connectivity index (χ3v) is 5.11. The van der Waals surface area contributed by atoms with Crippen molar-refractivity contribution < 1.29 is 14.3 Å². The lowest BCUT2D eigenvalue weighted by atomic mass is 9.80. The molecule has 1 amide bonds. The minimum atomic E-state index is -0.0400. The molecular weight excluding hydrogens is 356 g/mol. The second-order valence-electron chi connectivity index (χ2n) is 7.86. The fraction of sp³-hybridized carbons (Fsp3) is 0.722. The van der Waals surface area contributed by atoms with Crippen molar-refractivity contribution in [2.75, 3.05) is 37.7 Å². The summed E-state index contributed by atoms with van der Waals surface area (Å²) in [5, 5.41) is 0.363. The average Bonchev–Trinajstić information content (AvgIpc) is 2.61. The van der Waals surface area contributed by atoms with Gasteiger partial charge >= 0.3 is 6.41 Å². The molecule has 0 spiro atoms. The number of nitrogens with zero attached hydrogens (tertiary/aromatic N) is 4. The van der Waals surface area contributed by atoms with E-state index in [-0.39, 0.29) is 17.6 Å². The van der Waals surface area contributed by atoms with E-state index in [9.17, 15) is 4.79 Å². The van der Waals surface area contributed by atoms with Crippen LogP contribution in [0.5, 0.6) is 5.88 Å². The van der Waals surface area contributed by atoms with E-state index < -0.39 is 0 Å². The average molecular weight is 382 g/mol. The normalized spacial score (nSPS) is 24.5. The van der Waals surface area contributed by atoms with Gasteiger partial charge < -0.3 is 19.3 Å². The summed E-state index contributed by atoms with van der Waals surface area (Å²) in [5.74, 6) is 1.05. The molecule has 3 heterocycles. The Hall–Kier alpha value is -1.60. The molecule has 143 valence electrons. The maximum atomic E-state index is 11.3. The quantitative estimate of drug-likeness (QED) is 0.745. The molecule has 2 unspecified atom stereocenters. The molecule has 1 aromatic heterocycles. The minimum Gasteiger partial charge on any atom is -0.474 e. The van der Waals surface area contributed by atoms with Crippen molar-refractivity contribution in [3.8, 4) is 5.88 Å². The third-order valence-electron chi connectivity index (χ3n) is 4.91. The first-order chi connectivity index (χ1) is 12.4. The van der Waals surface area contributed by atoms with Gasteiger partial charge in [-0.05, 0) is 5.41 Å². The number of aromatic nitrogens is 2. The number of likely N-dealkylation sites (tertiary alicyclic amines) is 1. The fourth-order valence-electron chi connectivity index (χ4n) is 3.49. The molecule has 3 rings (SSSR count). The van der Waals surface area contributed by atoms with Crippen LogP contribution in [0.15, 0.2) is 6.07 Å². The molecule has 7 nitrogen and oxygen atoms in total. The predicted octanol–water partition coefficient (Wildman–Crippen LogP) is 2.29. The van der Waals surface area contributed by atoms with Crippen molar-refractivity contribution in [1.82, 2.24) is 14.9 Å². The fourth-order valence-corrected chi connectivity index (χ4v) is 3.66. The number of rotatable bonds is 4. The molecule has 2 saturated heterocycles. The first-order valence-corrected chi connectivity index (χ1v) is 9.43. The number of hydrogen-bond acceptors (Lipinski definition) is 6. The van der Waals surface area contributed by atoms with Gasteiger partial charge in [0.05, 0.1) is 13.2 Å². The van der Waals surface area contributed by atoms with E-state index in [1.807, 2.05) is 4.90 Å². The maximum Gasteiger partial charge on any atom is 0.312 e. The van der Waals surface area contributed by atoms with Crippen LogP contribution in [0.3, 0.4) is 0 Å². The molecule has 0 N–H and O–H groups in total. The smallest absolute Gasteiger partial charge is 0.312 e. The van der Waals surface area contributed by atoms with Crippen molar-refractivity contribution in [2.24, 2.45) is 5.41 Å². The summed E-state index contributed by atoms with van der Waals surface area (Å²) in [6.45, 7) is 9.79. The first kappa shape index (κ1) is 19.2. The van der Waals surface area contributed by atoms with Crippen LogP contribution < -0.4 is 9.64 Å². The first-order valence-electron chi connectivity index (χ1n) is 9.05. The van der Waals surface area contributed by atoms with E-state index in [0.29, 0.717) is 36.7 Å². The van der Waals surface area contributed by atoms with E-state index in [1.54, 1.807) is 11.0 Å². The zero-order valence-corrected chi connectivity index (χ0v) is 16.3. The number of ether oxygens (including phenoxy) is 2. The van der Waals surface area contributed by atoms with Gasteiger partial charge in [0, 0.05) is 44.6 Å². The van der Waals surface area contributed by atoms with Crippen LogP contribution >= 0.6 is 11.6 Å². The van der Waals surface area contributed by atoms with E-state index in [2.05, 4.69) is 37.1 Å². The molecule has 2 aliphatic heterocycles. The largest absolute Gasteiger partial charge is 0.474 e. The van der Waals surface area contributed by atoms with Gasteiger partial charge in [-0.3, -0.25) is 4.79 Å². The molecule has 2 aliphatic rings. The van der Waals surface area contributed by atoms with Gasteiger partial charge in [0.1, 0.15) is 11.3 Å². The number of piperidine rings is 1. The molecule has 1 radical (unpaired) electrons. The summed E-state index contributed by atoms with van der Waals surface area (Å²) >= 11 is 6.19. The van der Waals surface area contributed by atoms with Gasteiger partial charge in [-0.25, -0.2) is 4.98 Å². The number of carbonyl (C=O) groups excluding carboxylic acids is 1. The van der Waals surface area contributed by atoms with Gasteiger partial charge in [-0.1, -0.05) is 32.4 Å². The molecular formula is C18H26ClN4O3. The lowest BCUT2D eigenvalue weighted by Gasteiger charge is -2.43.